The molecular weight excluding hydrogens is 394 g/mol. The van der Waals surface area contributed by atoms with Crippen LogP contribution in [-0.4, -0.2) is 19.5 Å². The lowest BCUT2D eigenvalue weighted by molar-refractivity contribution is -0.384. The maximum absolute atomic E-state index is 10.8. The van der Waals surface area contributed by atoms with Gasteiger partial charge in [-0.2, -0.15) is 0 Å². The fourth-order valence-electron chi connectivity index (χ4n) is 2.87. The molecule has 2 aromatic carbocycles. The number of rotatable bonds is 7. The van der Waals surface area contributed by atoms with Gasteiger partial charge in [0.05, 0.1) is 22.6 Å². The van der Waals surface area contributed by atoms with E-state index in [-0.39, 0.29) is 12.3 Å². The lowest BCUT2D eigenvalue weighted by Gasteiger charge is -2.12. The molecule has 0 unspecified atom stereocenters. The molecule has 8 nitrogen and oxygen atoms in total. The first-order valence-corrected chi connectivity index (χ1v) is 9.15. The summed E-state index contributed by atoms with van der Waals surface area (Å²) in [5, 5.41) is 14.6. The number of aromatic nitrogens is 3. The number of anilines is 1. The smallest absolute Gasteiger partial charge is 0.269 e. The second-order valence-corrected chi connectivity index (χ2v) is 6.62. The van der Waals surface area contributed by atoms with Gasteiger partial charge in [-0.05, 0) is 42.5 Å². The van der Waals surface area contributed by atoms with E-state index < -0.39 is 4.92 Å². The molecule has 0 spiro atoms. The van der Waals surface area contributed by atoms with Gasteiger partial charge in [-0.15, -0.1) is 0 Å². The maximum Gasteiger partial charge on any atom is 0.269 e. The lowest BCUT2D eigenvalue weighted by atomic mass is 10.3. The predicted molar refractivity (Wildman–Crippen MR) is 110 cm³/mol. The van der Waals surface area contributed by atoms with Gasteiger partial charge in [-0.1, -0.05) is 17.7 Å². The normalized spacial score (nSPS) is 10.8. The number of hydrogen-bond acceptors (Lipinski definition) is 6. The molecule has 0 saturated heterocycles. The molecule has 1 N–H and O–H groups in total. The molecule has 9 heteroatoms. The van der Waals surface area contributed by atoms with Crippen molar-refractivity contribution in [3.8, 4) is 5.75 Å². The summed E-state index contributed by atoms with van der Waals surface area (Å²) in [6.45, 7) is 0.612. The minimum atomic E-state index is -0.448. The van der Waals surface area contributed by atoms with Gasteiger partial charge in [-0.25, -0.2) is 9.97 Å². The Hall–Kier alpha value is -3.65. The highest BCUT2D eigenvalue weighted by atomic mass is 35.5. The molecule has 2 aromatic heterocycles. The number of benzene rings is 2. The van der Waals surface area contributed by atoms with Crippen LogP contribution in [0.5, 0.6) is 5.75 Å². The van der Waals surface area contributed by atoms with Gasteiger partial charge in [0.15, 0.2) is 0 Å². The van der Waals surface area contributed by atoms with Crippen LogP contribution in [0, 0.1) is 10.1 Å². The molecule has 4 aromatic rings. The van der Waals surface area contributed by atoms with Crippen molar-refractivity contribution in [1.82, 2.24) is 14.5 Å². The Morgan fingerprint density at radius 3 is 2.69 bits per heavy atom. The van der Waals surface area contributed by atoms with Gasteiger partial charge in [0.1, 0.15) is 24.0 Å². The van der Waals surface area contributed by atoms with Crippen molar-refractivity contribution in [3.05, 3.63) is 87.8 Å². The highest BCUT2D eigenvalue weighted by Gasteiger charge is 2.13. The number of imidazole rings is 1. The van der Waals surface area contributed by atoms with Crippen LogP contribution in [-0.2, 0) is 13.3 Å². The van der Waals surface area contributed by atoms with E-state index in [0.717, 1.165) is 16.9 Å². The van der Waals surface area contributed by atoms with Crippen LogP contribution in [0.3, 0.4) is 0 Å². The molecule has 29 heavy (non-hydrogen) atoms. The third-order valence-electron chi connectivity index (χ3n) is 4.29. The van der Waals surface area contributed by atoms with E-state index in [2.05, 4.69) is 15.3 Å². The molecule has 0 aliphatic heterocycles. The zero-order valence-corrected chi connectivity index (χ0v) is 15.9. The standard InChI is InChI=1S/C20H16ClN5O3/c21-14-4-9-17-18(11-14)25(13-23-19-3-1-2-10-22-19)20(24-17)12-29-16-7-5-15(6-8-16)26(27)28/h1-11H,12-13H2,(H,22,23). The number of ether oxygens (including phenoxy) is 1. The van der Waals surface area contributed by atoms with Gasteiger partial charge in [0, 0.05) is 23.4 Å². The Bertz CT molecular complexity index is 1150. The largest absolute Gasteiger partial charge is 0.486 e. The van der Waals surface area contributed by atoms with E-state index in [1.54, 1.807) is 24.4 Å². The van der Waals surface area contributed by atoms with Crippen LogP contribution in [0.15, 0.2) is 66.9 Å². The molecule has 4 rings (SSSR count). The molecule has 0 fully saturated rings. The third kappa shape index (κ3) is 4.27. The van der Waals surface area contributed by atoms with Crippen LogP contribution < -0.4 is 10.1 Å². The lowest BCUT2D eigenvalue weighted by Crippen LogP contribution is -2.13. The Labute approximate surface area is 170 Å². The van der Waals surface area contributed by atoms with Crippen molar-refractivity contribution in [3.63, 3.8) is 0 Å². The molecule has 0 bridgehead atoms. The van der Waals surface area contributed by atoms with Crippen molar-refractivity contribution >= 4 is 34.1 Å². The maximum atomic E-state index is 10.8. The summed E-state index contributed by atoms with van der Waals surface area (Å²) in [6, 6.07) is 17.0. The van der Waals surface area contributed by atoms with Crippen molar-refractivity contribution < 1.29 is 9.66 Å². The van der Waals surface area contributed by atoms with Gasteiger partial charge in [-0.3, -0.25) is 10.1 Å². The number of nitrogens with zero attached hydrogens (tertiary/aromatic N) is 4. The molecule has 146 valence electrons. The summed E-state index contributed by atoms with van der Waals surface area (Å²) in [4.78, 5) is 19.2. The molecule has 0 atom stereocenters. The third-order valence-corrected chi connectivity index (χ3v) is 4.52. The van der Waals surface area contributed by atoms with Gasteiger partial charge < -0.3 is 14.6 Å². The zero-order valence-electron chi connectivity index (χ0n) is 15.2. The average molecular weight is 410 g/mol. The number of non-ortho nitro benzene ring substituents is 1. The van der Waals surface area contributed by atoms with Crippen molar-refractivity contribution in [2.45, 2.75) is 13.3 Å². The summed E-state index contributed by atoms with van der Waals surface area (Å²) in [5.41, 5.74) is 1.67. The van der Waals surface area contributed by atoms with Crippen molar-refractivity contribution in [2.24, 2.45) is 0 Å². The minimum absolute atomic E-state index is 0.0128. The number of nitrogens with one attached hydrogen (secondary N) is 1. The molecule has 2 heterocycles. The van der Waals surface area contributed by atoms with Crippen LogP contribution in [0.4, 0.5) is 11.5 Å². The topological polar surface area (TPSA) is 95.1 Å². The Morgan fingerprint density at radius 2 is 1.97 bits per heavy atom. The number of fused-ring (bicyclic) bond motifs is 1. The molecular formula is C20H16ClN5O3. The van der Waals surface area contributed by atoms with Crippen LogP contribution in [0.1, 0.15) is 5.82 Å². The van der Waals surface area contributed by atoms with E-state index >= 15 is 0 Å². The molecule has 0 aliphatic carbocycles. The molecule has 0 aliphatic rings. The first kappa shape index (κ1) is 18.7. The Morgan fingerprint density at radius 1 is 1.14 bits per heavy atom. The number of nitro groups is 1. The quantitative estimate of drug-likeness (QED) is 0.353. The number of hydrogen-bond donors (Lipinski definition) is 1. The van der Waals surface area contributed by atoms with Gasteiger partial charge in [0.2, 0.25) is 0 Å². The van der Waals surface area contributed by atoms with E-state index in [1.807, 2.05) is 34.9 Å². The van der Waals surface area contributed by atoms with Crippen LogP contribution in [0.2, 0.25) is 5.02 Å². The summed E-state index contributed by atoms with van der Waals surface area (Å²) < 4.78 is 7.76. The fourth-order valence-corrected chi connectivity index (χ4v) is 3.04. The summed E-state index contributed by atoms with van der Waals surface area (Å²) in [5.74, 6) is 1.94. The monoisotopic (exact) mass is 409 g/mol. The number of pyridine rings is 1. The van der Waals surface area contributed by atoms with Gasteiger partial charge in [0.25, 0.3) is 5.69 Å². The predicted octanol–water partition coefficient (Wildman–Crippen LogP) is 4.64. The summed E-state index contributed by atoms with van der Waals surface area (Å²) in [7, 11) is 0. The minimum Gasteiger partial charge on any atom is -0.486 e. The summed E-state index contributed by atoms with van der Waals surface area (Å²) in [6.07, 6.45) is 1.71. The molecule has 0 amide bonds. The zero-order chi connectivity index (χ0) is 20.2. The highest BCUT2D eigenvalue weighted by Crippen LogP contribution is 2.23. The van der Waals surface area contributed by atoms with Crippen molar-refractivity contribution in [2.75, 3.05) is 5.32 Å². The average Bonchev–Trinajstić information content (AvgIpc) is 3.08. The van der Waals surface area contributed by atoms with E-state index in [4.69, 9.17) is 16.3 Å². The Kier molecular flexibility index (Phi) is 5.26. The first-order chi connectivity index (χ1) is 14.1. The van der Waals surface area contributed by atoms with Crippen LogP contribution >= 0.6 is 11.6 Å². The fraction of sp³-hybridized carbons (Fsp3) is 0.100. The van der Waals surface area contributed by atoms with Crippen molar-refractivity contribution in [1.29, 1.82) is 0 Å². The van der Waals surface area contributed by atoms with Gasteiger partial charge >= 0.3 is 0 Å². The van der Waals surface area contributed by atoms with E-state index in [1.165, 1.54) is 12.1 Å². The molecule has 0 saturated carbocycles. The van der Waals surface area contributed by atoms with E-state index in [9.17, 15) is 10.1 Å². The second-order valence-electron chi connectivity index (χ2n) is 6.18. The van der Waals surface area contributed by atoms with E-state index in [0.29, 0.717) is 23.3 Å². The molecule has 0 radical (unpaired) electrons. The SMILES string of the molecule is O=[N+]([O-])c1ccc(OCc2nc3ccc(Cl)cc3n2CNc2ccccn2)cc1. The summed E-state index contributed by atoms with van der Waals surface area (Å²) >= 11 is 6.17. The Balaban J connectivity index is 1.58. The highest BCUT2D eigenvalue weighted by molar-refractivity contribution is 6.31. The van der Waals surface area contributed by atoms with Crippen LogP contribution in [0.25, 0.3) is 11.0 Å². The number of nitro benzene ring substituents is 1. The first-order valence-electron chi connectivity index (χ1n) is 8.77. The second kappa shape index (κ2) is 8.15. The number of halogens is 1.